The largest absolute Gasteiger partial charge is 0.469 e. The molecule has 1 aromatic rings. The van der Waals surface area contributed by atoms with Gasteiger partial charge in [-0.25, -0.2) is 0 Å². The van der Waals surface area contributed by atoms with Crippen LogP contribution < -0.4 is 5.32 Å². The number of rotatable bonds is 3. The molecule has 0 unspecified atom stereocenters. The minimum atomic E-state index is -0.580. The van der Waals surface area contributed by atoms with Gasteiger partial charge in [0.2, 0.25) is 5.91 Å². The molecule has 5 nitrogen and oxygen atoms in total. The standard InChI is InChI=1S/C13H13NO4/c1-18-13(17)7-12(16)14-9-3-4-10-8(6-9)2-5-11(10)15/h3-4,6H,2,5,7H2,1H3,(H,14,16). The van der Waals surface area contributed by atoms with Gasteiger partial charge < -0.3 is 10.1 Å². The molecule has 1 N–H and O–H groups in total. The Hall–Kier alpha value is -2.17. The van der Waals surface area contributed by atoms with Crippen LogP contribution in [-0.4, -0.2) is 24.8 Å². The Balaban J connectivity index is 2.05. The predicted octanol–water partition coefficient (Wildman–Crippen LogP) is 1.32. The number of anilines is 1. The third-order valence-electron chi connectivity index (χ3n) is 2.84. The topological polar surface area (TPSA) is 72.5 Å². The molecule has 0 atom stereocenters. The maximum Gasteiger partial charge on any atom is 0.315 e. The van der Waals surface area contributed by atoms with Crippen molar-refractivity contribution in [2.45, 2.75) is 19.3 Å². The molecule has 5 heteroatoms. The predicted molar refractivity (Wildman–Crippen MR) is 64.4 cm³/mol. The Labute approximate surface area is 104 Å². The fourth-order valence-corrected chi connectivity index (χ4v) is 1.94. The van der Waals surface area contributed by atoms with Crippen LogP contribution in [0, 0.1) is 0 Å². The molecule has 0 radical (unpaired) electrons. The second-order valence-electron chi connectivity index (χ2n) is 4.10. The van der Waals surface area contributed by atoms with E-state index in [1.54, 1.807) is 18.2 Å². The monoisotopic (exact) mass is 247 g/mol. The fraction of sp³-hybridized carbons (Fsp3) is 0.308. The summed E-state index contributed by atoms with van der Waals surface area (Å²) in [4.78, 5) is 33.8. The van der Waals surface area contributed by atoms with Crippen LogP contribution in [0.1, 0.15) is 28.8 Å². The van der Waals surface area contributed by atoms with Gasteiger partial charge in [-0.05, 0) is 30.2 Å². The van der Waals surface area contributed by atoms with Crippen LogP contribution in [0.4, 0.5) is 5.69 Å². The number of fused-ring (bicyclic) bond motifs is 1. The Morgan fingerprint density at radius 1 is 1.33 bits per heavy atom. The van der Waals surface area contributed by atoms with E-state index in [0.717, 1.165) is 11.1 Å². The number of hydrogen-bond donors (Lipinski definition) is 1. The van der Waals surface area contributed by atoms with Crippen LogP contribution in [0.5, 0.6) is 0 Å². The Morgan fingerprint density at radius 2 is 2.11 bits per heavy atom. The smallest absolute Gasteiger partial charge is 0.315 e. The minimum Gasteiger partial charge on any atom is -0.469 e. The first-order chi connectivity index (χ1) is 8.60. The number of carbonyl (C=O) groups is 3. The molecule has 2 rings (SSSR count). The van der Waals surface area contributed by atoms with Gasteiger partial charge in [-0.2, -0.15) is 0 Å². The van der Waals surface area contributed by atoms with Crippen molar-refractivity contribution in [3.63, 3.8) is 0 Å². The van der Waals surface area contributed by atoms with Crippen LogP contribution in [0.3, 0.4) is 0 Å². The summed E-state index contributed by atoms with van der Waals surface area (Å²) in [6, 6.07) is 5.14. The number of ether oxygens (including phenoxy) is 1. The summed E-state index contributed by atoms with van der Waals surface area (Å²) in [6.07, 6.45) is 0.913. The van der Waals surface area contributed by atoms with Crippen molar-refractivity contribution >= 4 is 23.3 Å². The average molecular weight is 247 g/mol. The van der Waals surface area contributed by atoms with Crippen molar-refractivity contribution in [2.24, 2.45) is 0 Å². The first-order valence-electron chi connectivity index (χ1n) is 5.63. The van der Waals surface area contributed by atoms with E-state index in [-0.39, 0.29) is 12.2 Å². The summed E-state index contributed by atoms with van der Waals surface area (Å²) >= 11 is 0. The van der Waals surface area contributed by atoms with Gasteiger partial charge >= 0.3 is 5.97 Å². The fourth-order valence-electron chi connectivity index (χ4n) is 1.94. The molecule has 18 heavy (non-hydrogen) atoms. The number of methoxy groups -OCH3 is 1. The van der Waals surface area contributed by atoms with Gasteiger partial charge in [-0.1, -0.05) is 0 Å². The average Bonchev–Trinajstić information content (AvgIpc) is 2.70. The van der Waals surface area contributed by atoms with E-state index in [1.165, 1.54) is 7.11 Å². The number of esters is 1. The molecule has 0 heterocycles. The molecule has 1 aliphatic rings. The Morgan fingerprint density at radius 3 is 2.83 bits per heavy atom. The summed E-state index contributed by atoms with van der Waals surface area (Å²) < 4.78 is 4.40. The number of ketones is 1. The lowest BCUT2D eigenvalue weighted by Gasteiger charge is -2.06. The molecule has 1 aromatic carbocycles. The van der Waals surface area contributed by atoms with E-state index in [9.17, 15) is 14.4 Å². The first kappa shape index (κ1) is 12.3. The van der Waals surface area contributed by atoms with Crippen molar-refractivity contribution in [1.29, 1.82) is 0 Å². The van der Waals surface area contributed by atoms with E-state index < -0.39 is 11.9 Å². The zero-order valence-corrected chi connectivity index (χ0v) is 9.99. The summed E-state index contributed by atoms with van der Waals surface area (Å²) in [5.41, 5.74) is 2.26. The molecule has 1 amide bonds. The highest BCUT2D eigenvalue weighted by Gasteiger charge is 2.19. The number of nitrogens with one attached hydrogen (secondary N) is 1. The van der Waals surface area contributed by atoms with Crippen molar-refractivity contribution in [1.82, 2.24) is 0 Å². The highest BCUT2D eigenvalue weighted by atomic mass is 16.5. The van der Waals surface area contributed by atoms with Crippen LogP contribution in [0.15, 0.2) is 18.2 Å². The number of hydrogen-bond acceptors (Lipinski definition) is 4. The maximum absolute atomic E-state index is 11.5. The lowest BCUT2D eigenvalue weighted by Crippen LogP contribution is -2.17. The van der Waals surface area contributed by atoms with Crippen molar-refractivity contribution in [2.75, 3.05) is 12.4 Å². The summed E-state index contributed by atoms with van der Waals surface area (Å²) in [5.74, 6) is -0.868. The number of carbonyl (C=O) groups excluding carboxylic acids is 3. The Bertz CT molecular complexity index is 522. The quantitative estimate of drug-likeness (QED) is 0.645. The molecule has 0 spiro atoms. The number of benzene rings is 1. The van der Waals surface area contributed by atoms with Gasteiger partial charge in [0.25, 0.3) is 0 Å². The van der Waals surface area contributed by atoms with Gasteiger partial charge in [0, 0.05) is 17.7 Å². The molecule has 0 fully saturated rings. The summed E-state index contributed by atoms with van der Waals surface area (Å²) in [5, 5.41) is 2.60. The minimum absolute atomic E-state index is 0.137. The van der Waals surface area contributed by atoms with Crippen LogP contribution in [-0.2, 0) is 20.7 Å². The van der Waals surface area contributed by atoms with E-state index in [2.05, 4.69) is 10.1 Å². The molecule has 0 saturated carbocycles. The van der Waals surface area contributed by atoms with Gasteiger partial charge in [0.05, 0.1) is 7.11 Å². The van der Waals surface area contributed by atoms with Crippen LogP contribution >= 0.6 is 0 Å². The maximum atomic E-state index is 11.5. The molecule has 94 valence electrons. The molecule has 0 aromatic heterocycles. The van der Waals surface area contributed by atoms with E-state index in [1.807, 2.05) is 0 Å². The zero-order chi connectivity index (χ0) is 13.1. The van der Waals surface area contributed by atoms with Crippen LogP contribution in [0.25, 0.3) is 0 Å². The third kappa shape index (κ3) is 2.56. The number of aryl methyl sites for hydroxylation is 1. The van der Waals surface area contributed by atoms with E-state index >= 15 is 0 Å². The van der Waals surface area contributed by atoms with Gasteiger partial charge in [-0.15, -0.1) is 0 Å². The number of Topliss-reactive ketones (excluding diaryl/α,β-unsaturated/α-hetero) is 1. The normalized spacial score (nSPS) is 13.1. The summed E-state index contributed by atoms with van der Waals surface area (Å²) in [7, 11) is 1.23. The zero-order valence-electron chi connectivity index (χ0n) is 9.99. The SMILES string of the molecule is COC(=O)CC(=O)Nc1ccc2c(c1)CCC2=O. The van der Waals surface area contributed by atoms with Gasteiger partial charge in [0.15, 0.2) is 5.78 Å². The third-order valence-corrected chi connectivity index (χ3v) is 2.84. The van der Waals surface area contributed by atoms with E-state index in [0.29, 0.717) is 18.5 Å². The van der Waals surface area contributed by atoms with Crippen LogP contribution in [0.2, 0.25) is 0 Å². The lowest BCUT2D eigenvalue weighted by atomic mass is 10.1. The lowest BCUT2D eigenvalue weighted by molar-refractivity contribution is -0.142. The van der Waals surface area contributed by atoms with Crippen molar-refractivity contribution < 1.29 is 19.1 Å². The second kappa shape index (κ2) is 5.00. The van der Waals surface area contributed by atoms with E-state index in [4.69, 9.17) is 0 Å². The van der Waals surface area contributed by atoms with Gasteiger partial charge in [0.1, 0.15) is 6.42 Å². The first-order valence-corrected chi connectivity index (χ1v) is 5.63. The highest BCUT2D eigenvalue weighted by Crippen LogP contribution is 2.24. The molecular weight excluding hydrogens is 234 g/mol. The molecule has 0 bridgehead atoms. The molecule has 0 aliphatic heterocycles. The summed E-state index contributed by atoms with van der Waals surface area (Å²) in [6.45, 7) is 0. The molecule has 1 aliphatic carbocycles. The second-order valence-corrected chi connectivity index (χ2v) is 4.10. The van der Waals surface area contributed by atoms with Crippen molar-refractivity contribution in [3.8, 4) is 0 Å². The van der Waals surface area contributed by atoms with Crippen molar-refractivity contribution in [3.05, 3.63) is 29.3 Å². The van der Waals surface area contributed by atoms with Gasteiger partial charge in [-0.3, -0.25) is 14.4 Å². The Kier molecular flexibility index (Phi) is 3.41. The highest BCUT2D eigenvalue weighted by molar-refractivity contribution is 6.03. The molecule has 0 saturated heterocycles. The molecular formula is C13H13NO4. The number of amides is 1.